The number of nitrogens with one attached hydrogen (secondary N) is 1. The van der Waals surface area contributed by atoms with Gasteiger partial charge in [0.25, 0.3) is 5.56 Å². The Morgan fingerprint density at radius 2 is 1.75 bits per heavy atom. The monoisotopic (exact) mass is 427 g/mol. The molecule has 0 aliphatic heterocycles. The van der Waals surface area contributed by atoms with E-state index in [4.69, 9.17) is 4.98 Å². The fourth-order valence-corrected chi connectivity index (χ4v) is 3.93. The van der Waals surface area contributed by atoms with Crippen LogP contribution in [0.15, 0.2) is 65.5 Å². The summed E-state index contributed by atoms with van der Waals surface area (Å²) < 4.78 is 3.40. The van der Waals surface area contributed by atoms with Crippen LogP contribution in [0.5, 0.6) is 0 Å². The molecule has 1 aliphatic rings. The van der Waals surface area contributed by atoms with E-state index in [1.54, 1.807) is 0 Å². The summed E-state index contributed by atoms with van der Waals surface area (Å²) in [5.74, 6) is 0.999. The van der Waals surface area contributed by atoms with Crippen molar-refractivity contribution in [1.82, 2.24) is 24.5 Å². The topological polar surface area (TPSA) is 81.3 Å². The predicted octanol–water partition coefficient (Wildman–Crippen LogP) is 3.13. The molecule has 0 atom stereocenters. The highest BCUT2D eigenvalue weighted by Crippen LogP contribution is 2.20. The number of nitrogens with zero attached hydrogens (tertiary/aromatic N) is 4. The van der Waals surface area contributed by atoms with Crippen LogP contribution in [-0.2, 0) is 17.8 Å². The van der Waals surface area contributed by atoms with Crippen LogP contribution in [0.3, 0.4) is 0 Å². The van der Waals surface area contributed by atoms with Crippen molar-refractivity contribution in [1.29, 1.82) is 0 Å². The molecular formula is C25H25N5O2. The Kier molecular flexibility index (Phi) is 5.31. The standard InChI is InChI=1S/C25H25N5O2/c1-17-21(14-15-22(31)26-20-12-13-20)24(32)30-25(29(17)16-18-8-4-2-5-9-18)27-23(28-30)19-10-6-3-7-11-19/h2-11,20H,12-16H2,1H3,(H,26,31). The van der Waals surface area contributed by atoms with Crippen molar-refractivity contribution in [2.75, 3.05) is 0 Å². The average molecular weight is 428 g/mol. The Bertz CT molecular complexity index is 1320. The first-order chi connectivity index (χ1) is 15.6. The number of benzene rings is 2. The number of fused-ring (bicyclic) bond motifs is 1. The van der Waals surface area contributed by atoms with Crippen LogP contribution in [0, 0.1) is 6.92 Å². The van der Waals surface area contributed by atoms with Crippen molar-refractivity contribution in [3.8, 4) is 11.4 Å². The molecule has 0 spiro atoms. The zero-order valence-corrected chi connectivity index (χ0v) is 18.0. The van der Waals surface area contributed by atoms with Crippen LogP contribution in [0.2, 0.25) is 0 Å². The van der Waals surface area contributed by atoms with Crippen molar-refractivity contribution in [3.05, 3.63) is 87.8 Å². The molecule has 162 valence electrons. The van der Waals surface area contributed by atoms with Gasteiger partial charge in [0.2, 0.25) is 11.7 Å². The lowest BCUT2D eigenvalue weighted by molar-refractivity contribution is -0.121. The molecule has 2 aromatic carbocycles. The summed E-state index contributed by atoms with van der Waals surface area (Å²) in [6.45, 7) is 2.49. The first kappa shape index (κ1) is 20.2. The molecule has 0 saturated heterocycles. The number of hydrogen-bond donors (Lipinski definition) is 1. The minimum atomic E-state index is -0.212. The lowest BCUT2D eigenvalue weighted by Gasteiger charge is -2.15. The van der Waals surface area contributed by atoms with Crippen molar-refractivity contribution >= 4 is 11.7 Å². The summed E-state index contributed by atoms with van der Waals surface area (Å²) in [6.07, 6.45) is 2.74. The predicted molar refractivity (Wildman–Crippen MR) is 122 cm³/mol. The fraction of sp³-hybridized carbons (Fsp3) is 0.280. The SMILES string of the molecule is Cc1c(CCC(=O)NC2CC2)c(=O)n2nc(-c3ccccc3)nc2n1Cc1ccccc1. The lowest BCUT2D eigenvalue weighted by atomic mass is 10.1. The zero-order chi connectivity index (χ0) is 22.1. The maximum absolute atomic E-state index is 13.4. The molecule has 0 radical (unpaired) electrons. The molecule has 1 N–H and O–H groups in total. The third-order valence-electron chi connectivity index (χ3n) is 5.88. The van der Waals surface area contributed by atoms with Gasteiger partial charge in [-0.05, 0) is 31.7 Å². The average Bonchev–Trinajstić information content (AvgIpc) is 3.51. The minimum absolute atomic E-state index is 0.00966. The number of rotatable bonds is 7. The second kappa shape index (κ2) is 8.42. The molecule has 0 unspecified atom stereocenters. The third-order valence-corrected chi connectivity index (χ3v) is 5.88. The molecule has 1 saturated carbocycles. The summed E-state index contributed by atoms with van der Waals surface area (Å²) in [4.78, 5) is 30.3. The molecule has 0 bridgehead atoms. The van der Waals surface area contributed by atoms with Crippen LogP contribution in [-0.4, -0.2) is 31.1 Å². The number of carbonyl (C=O) groups is 1. The van der Waals surface area contributed by atoms with Crippen molar-refractivity contribution in [2.24, 2.45) is 0 Å². The summed E-state index contributed by atoms with van der Waals surface area (Å²) in [6, 6.07) is 20.0. The second-order valence-corrected chi connectivity index (χ2v) is 8.30. The van der Waals surface area contributed by atoms with Gasteiger partial charge in [0.1, 0.15) is 0 Å². The molecule has 4 aromatic rings. The molecule has 7 heteroatoms. The van der Waals surface area contributed by atoms with Crippen LogP contribution in [0.4, 0.5) is 0 Å². The Morgan fingerprint density at radius 1 is 1.06 bits per heavy atom. The van der Waals surface area contributed by atoms with Gasteiger partial charge in [-0.3, -0.25) is 9.59 Å². The van der Waals surface area contributed by atoms with E-state index >= 15 is 0 Å². The Labute approximate surface area is 185 Å². The summed E-state index contributed by atoms with van der Waals surface area (Å²) in [7, 11) is 0. The smallest absolute Gasteiger partial charge is 0.279 e. The lowest BCUT2D eigenvalue weighted by Crippen LogP contribution is -2.29. The third kappa shape index (κ3) is 4.06. The van der Waals surface area contributed by atoms with Crippen molar-refractivity contribution < 1.29 is 4.79 Å². The van der Waals surface area contributed by atoms with E-state index in [2.05, 4.69) is 10.4 Å². The molecule has 32 heavy (non-hydrogen) atoms. The number of aromatic nitrogens is 4. The van der Waals surface area contributed by atoms with Gasteiger partial charge in [-0.2, -0.15) is 9.50 Å². The van der Waals surface area contributed by atoms with E-state index in [9.17, 15) is 9.59 Å². The maximum atomic E-state index is 13.4. The van der Waals surface area contributed by atoms with Gasteiger partial charge in [0.15, 0.2) is 5.82 Å². The van der Waals surface area contributed by atoms with Crippen LogP contribution in [0.1, 0.15) is 36.1 Å². The summed E-state index contributed by atoms with van der Waals surface area (Å²) in [5, 5.41) is 7.54. The first-order valence-corrected chi connectivity index (χ1v) is 11.0. The van der Waals surface area contributed by atoms with Crippen LogP contribution >= 0.6 is 0 Å². The van der Waals surface area contributed by atoms with Gasteiger partial charge >= 0.3 is 0 Å². The van der Waals surface area contributed by atoms with E-state index in [1.807, 2.05) is 72.2 Å². The van der Waals surface area contributed by atoms with Crippen LogP contribution in [0.25, 0.3) is 17.2 Å². The maximum Gasteiger partial charge on any atom is 0.279 e. The Hall–Kier alpha value is -3.74. The number of carbonyl (C=O) groups excluding carboxylic acids is 1. The second-order valence-electron chi connectivity index (χ2n) is 8.30. The first-order valence-electron chi connectivity index (χ1n) is 11.0. The highest BCUT2D eigenvalue weighted by Gasteiger charge is 2.24. The van der Waals surface area contributed by atoms with E-state index in [1.165, 1.54) is 4.52 Å². The van der Waals surface area contributed by atoms with Gasteiger partial charge in [-0.15, -0.1) is 5.10 Å². The molecule has 2 heterocycles. The van der Waals surface area contributed by atoms with Crippen molar-refractivity contribution in [2.45, 2.75) is 45.2 Å². The zero-order valence-electron chi connectivity index (χ0n) is 18.0. The van der Waals surface area contributed by atoms with E-state index in [0.717, 1.165) is 29.7 Å². The van der Waals surface area contributed by atoms with Gasteiger partial charge in [0.05, 0.1) is 6.54 Å². The van der Waals surface area contributed by atoms with Gasteiger partial charge in [0, 0.05) is 29.3 Å². The minimum Gasteiger partial charge on any atom is -0.353 e. The van der Waals surface area contributed by atoms with Gasteiger partial charge < -0.3 is 9.88 Å². The molecule has 2 aromatic heterocycles. The summed E-state index contributed by atoms with van der Waals surface area (Å²) >= 11 is 0. The number of amides is 1. The quantitative estimate of drug-likeness (QED) is 0.491. The van der Waals surface area contributed by atoms with E-state index in [0.29, 0.717) is 36.2 Å². The van der Waals surface area contributed by atoms with E-state index < -0.39 is 0 Å². The van der Waals surface area contributed by atoms with Gasteiger partial charge in [-0.1, -0.05) is 60.7 Å². The van der Waals surface area contributed by atoms with Gasteiger partial charge in [-0.25, -0.2) is 0 Å². The fourth-order valence-electron chi connectivity index (χ4n) is 3.93. The Morgan fingerprint density at radius 3 is 2.44 bits per heavy atom. The molecular weight excluding hydrogens is 402 g/mol. The molecule has 5 rings (SSSR count). The highest BCUT2D eigenvalue weighted by molar-refractivity contribution is 5.76. The van der Waals surface area contributed by atoms with E-state index in [-0.39, 0.29) is 17.9 Å². The Balaban J connectivity index is 1.59. The molecule has 1 fully saturated rings. The highest BCUT2D eigenvalue weighted by atomic mass is 16.2. The number of hydrogen-bond acceptors (Lipinski definition) is 4. The normalized spacial score (nSPS) is 13.4. The van der Waals surface area contributed by atoms with Crippen molar-refractivity contribution in [3.63, 3.8) is 0 Å². The molecule has 1 amide bonds. The summed E-state index contributed by atoms with van der Waals surface area (Å²) in [5.41, 5.74) is 3.16. The van der Waals surface area contributed by atoms with Crippen LogP contribution < -0.4 is 10.9 Å². The largest absolute Gasteiger partial charge is 0.353 e. The molecule has 1 aliphatic carbocycles. The molecule has 7 nitrogen and oxygen atoms in total.